The number of aryl methyl sites for hydroxylation is 1. The van der Waals surface area contributed by atoms with E-state index in [2.05, 4.69) is 10.6 Å². The summed E-state index contributed by atoms with van der Waals surface area (Å²) in [6, 6.07) is 12.8. The summed E-state index contributed by atoms with van der Waals surface area (Å²) in [5.74, 6) is -1.37. The average Bonchev–Trinajstić information content (AvgIpc) is 2.95. The standard InChI is InChI=1S/C16H18N2O3S/c1-11-8-9-14(22-11)13(21-2)10-17-15(19)16(20)18-12-6-4-3-5-7-12/h3-9,13H,10H2,1-2H3,(H,17,19)(H,18,20). The Morgan fingerprint density at radius 3 is 2.45 bits per heavy atom. The van der Waals surface area contributed by atoms with Crippen molar-refractivity contribution in [3.05, 3.63) is 52.2 Å². The lowest BCUT2D eigenvalue weighted by Gasteiger charge is -2.14. The predicted molar refractivity (Wildman–Crippen MR) is 86.9 cm³/mol. The first-order valence-corrected chi connectivity index (χ1v) is 7.65. The molecule has 0 spiro atoms. The summed E-state index contributed by atoms with van der Waals surface area (Å²) >= 11 is 1.61. The Balaban J connectivity index is 1.87. The molecule has 5 nitrogen and oxygen atoms in total. The molecule has 1 aromatic carbocycles. The molecule has 0 radical (unpaired) electrons. The van der Waals surface area contributed by atoms with Crippen LogP contribution in [0.25, 0.3) is 0 Å². The van der Waals surface area contributed by atoms with Gasteiger partial charge in [0.05, 0.1) is 0 Å². The second kappa shape index (κ2) is 7.72. The molecule has 0 saturated heterocycles. The van der Waals surface area contributed by atoms with Crippen LogP contribution < -0.4 is 10.6 Å². The van der Waals surface area contributed by atoms with Crippen LogP contribution in [-0.4, -0.2) is 25.5 Å². The first kappa shape index (κ1) is 16.2. The van der Waals surface area contributed by atoms with Crippen LogP contribution in [0, 0.1) is 6.92 Å². The summed E-state index contributed by atoms with van der Waals surface area (Å²) in [6.45, 7) is 2.25. The first-order valence-electron chi connectivity index (χ1n) is 6.83. The first-order chi connectivity index (χ1) is 10.6. The van der Waals surface area contributed by atoms with E-state index in [1.54, 1.807) is 42.7 Å². The number of nitrogens with one attached hydrogen (secondary N) is 2. The van der Waals surface area contributed by atoms with Crippen LogP contribution in [0.1, 0.15) is 15.9 Å². The van der Waals surface area contributed by atoms with Gasteiger partial charge in [0.25, 0.3) is 0 Å². The van der Waals surface area contributed by atoms with Crippen molar-refractivity contribution in [2.75, 3.05) is 19.0 Å². The SMILES string of the molecule is COC(CNC(=O)C(=O)Nc1ccccc1)c1ccc(C)s1. The zero-order valence-electron chi connectivity index (χ0n) is 12.5. The molecule has 6 heteroatoms. The Morgan fingerprint density at radius 2 is 1.86 bits per heavy atom. The molecule has 0 bridgehead atoms. The summed E-state index contributed by atoms with van der Waals surface area (Å²) in [6.07, 6.45) is -0.257. The Bertz CT molecular complexity index is 640. The molecule has 0 aliphatic heterocycles. The molecule has 116 valence electrons. The molecule has 1 atom stereocenters. The van der Waals surface area contributed by atoms with Crippen molar-refractivity contribution in [2.24, 2.45) is 0 Å². The minimum atomic E-state index is -0.691. The topological polar surface area (TPSA) is 67.4 Å². The summed E-state index contributed by atoms with van der Waals surface area (Å²) < 4.78 is 5.36. The van der Waals surface area contributed by atoms with Crippen LogP contribution in [0.4, 0.5) is 5.69 Å². The van der Waals surface area contributed by atoms with Gasteiger partial charge in [-0.2, -0.15) is 0 Å². The number of anilines is 1. The molecular formula is C16H18N2O3S. The van der Waals surface area contributed by atoms with Crippen molar-refractivity contribution in [2.45, 2.75) is 13.0 Å². The number of carbonyl (C=O) groups excluding carboxylic acids is 2. The number of ether oxygens (including phenoxy) is 1. The van der Waals surface area contributed by atoms with Crippen LogP contribution in [0.3, 0.4) is 0 Å². The maximum Gasteiger partial charge on any atom is 0.313 e. The summed E-state index contributed by atoms with van der Waals surface area (Å²) in [4.78, 5) is 25.8. The normalized spacial score (nSPS) is 11.7. The van der Waals surface area contributed by atoms with Gasteiger partial charge in [0.2, 0.25) is 0 Å². The van der Waals surface area contributed by atoms with E-state index in [1.165, 1.54) is 4.88 Å². The minimum Gasteiger partial charge on any atom is -0.374 e. The van der Waals surface area contributed by atoms with Crippen LogP contribution in [0.5, 0.6) is 0 Å². The molecule has 2 aromatic rings. The smallest absolute Gasteiger partial charge is 0.313 e. The lowest BCUT2D eigenvalue weighted by atomic mass is 10.3. The molecule has 2 rings (SSSR count). The zero-order chi connectivity index (χ0) is 15.9. The lowest BCUT2D eigenvalue weighted by Crippen LogP contribution is -2.37. The fourth-order valence-electron chi connectivity index (χ4n) is 1.90. The molecule has 1 unspecified atom stereocenters. The third kappa shape index (κ3) is 4.41. The number of benzene rings is 1. The van der Waals surface area contributed by atoms with Gasteiger partial charge in [0.15, 0.2) is 0 Å². The number of hydrogen-bond donors (Lipinski definition) is 2. The minimum absolute atomic E-state index is 0.248. The molecule has 0 aliphatic carbocycles. The fraction of sp³-hybridized carbons (Fsp3) is 0.250. The Labute approximate surface area is 133 Å². The van der Waals surface area contributed by atoms with Crippen LogP contribution in [0.2, 0.25) is 0 Å². The van der Waals surface area contributed by atoms with Gasteiger partial charge in [-0.05, 0) is 31.2 Å². The van der Waals surface area contributed by atoms with Gasteiger partial charge in [-0.1, -0.05) is 18.2 Å². The van der Waals surface area contributed by atoms with Crippen LogP contribution in [-0.2, 0) is 14.3 Å². The number of para-hydroxylation sites is 1. The van der Waals surface area contributed by atoms with Crippen molar-refractivity contribution in [3.63, 3.8) is 0 Å². The summed E-state index contributed by atoms with van der Waals surface area (Å²) in [7, 11) is 1.58. The Kier molecular flexibility index (Phi) is 5.68. The number of thiophene rings is 1. The predicted octanol–water partition coefficient (Wildman–Crippen LogP) is 2.50. The molecule has 0 fully saturated rings. The number of rotatable bonds is 5. The van der Waals surface area contributed by atoms with Crippen LogP contribution >= 0.6 is 11.3 Å². The van der Waals surface area contributed by atoms with E-state index in [9.17, 15) is 9.59 Å². The summed E-state index contributed by atoms with van der Waals surface area (Å²) in [5.41, 5.74) is 0.583. The van der Waals surface area contributed by atoms with E-state index in [-0.39, 0.29) is 12.6 Å². The van der Waals surface area contributed by atoms with Gasteiger partial charge in [-0.25, -0.2) is 0 Å². The van der Waals surface area contributed by atoms with E-state index in [1.807, 2.05) is 25.1 Å². The Hall–Kier alpha value is -2.18. The van der Waals surface area contributed by atoms with E-state index < -0.39 is 11.8 Å². The Morgan fingerprint density at radius 1 is 1.14 bits per heavy atom. The van der Waals surface area contributed by atoms with Crippen molar-refractivity contribution in [3.8, 4) is 0 Å². The second-order valence-corrected chi connectivity index (χ2v) is 6.02. The van der Waals surface area contributed by atoms with E-state index in [0.29, 0.717) is 5.69 Å². The number of methoxy groups -OCH3 is 1. The third-order valence-corrected chi connectivity index (χ3v) is 4.14. The monoisotopic (exact) mass is 318 g/mol. The highest BCUT2D eigenvalue weighted by Gasteiger charge is 2.18. The molecule has 1 heterocycles. The number of amides is 2. The second-order valence-electron chi connectivity index (χ2n) is 4.70. The highest BCUT2D eigenvalue weighted by molar-refractivity contribution is 7.12. The largest absolute Gasteiger partial charge is 0.374 e. The number of hydrogen-bond acceptors (Lipinski definition) is 4. The third-order valence-electron chi connectivity index (χ3n) is 3.05. The van der Waals surface area contributed by atoms with Crippen molar-refractivity contribution < 1.29 is 14.3 Å². The molecule has 2 amide bonds. The lowest BCUT2D eigenvalue weighted by molar-refractivity contribution is -0.136. The molecule has 22 heavy (non-hydrogen) atoms. The molecule has 0 aliphatic rings. The van der Waals surface area contributed by atoms with Gasteiger partial charge in [0.1, 0.15) is 6.10 Å². The highest BCUT2D eigenvalue weighted by Crippen LogP contribution is 2.24. The van der Waals surface area contributed by atoms with Crippen molar-refractivity contribution >= 4 is 28.8 Å². The van der Waals surface area contributed by atoms with Gasteiger partial charge in [-0.3, -0.25) is 9.59 Å². The van der Waals surface area contributed by atoms with Crippen molar-refractivity contribution in [1.82, 2.24) is 5.32 Å². The van der Waals surface area contributed by atoms with Crippen molar-refractivity contribution in [1.29, 1.82) is 0 Å². The van der Waals surface area contributed by atoms with Gasteiger partial charge in [0, 0.05) is 29.1 Å². The van der Waals surface area contributed by atoms with Gasteiger partial charge >= 0.3 is 11.8 Å². The van der Waals surface area contributed by atoms with Crippen LogP contribution in [0.15, 0.2) is 42.5 Å². The van der Waals surface area contributed by atoms with E-state index in [4.69, 9.17) is 4.74 Å². The quantitative estimate of drug-likeness (QED) is 0.832. The molecular weight excluding hydrogens is 300 g/mol. The van der Waals surface area contributed by atoms with E-state index >= 15 is 0 Å². The fourth-order valence-corrected chi connectivity index (χ4v) is 2.86. The summed E-state index contributed by atoms with van der Waals surface area (Å²) in [5, 5.41) is 5.13. The van der Waals surface area contributed by atoms with Gasteiger partial charge in [-0.15, -0.1) is 11.3 Å². The maximum absolute atomic E-state index is 11.8. The zero-order valence-corrected chi connectivity index (χ0v) is 13.3. The highest BCUT2D eigenvalue weighted by atomic mass is 32.1. The van der Waals surface area contributed by atoms with Gasteiger partial charge < -0.3 is 15.4 Å². The molecule has 0 saturated carbocycles. The number of carbonyl (C=O) groups is 2. The van der Waals surface area contributed by atoms with E-state index in [0.717, 1.165) is 4.88 Å². The average molecular weight is 318 g/mol. The molecule has 2 N–H and O–H groups in total. The molecule has 1 aromatic heterocycles. The maximum atomic E-state index is 11.8.